The van der Waals surface area contributed by atoms with Crippen molar-refractivity contribution in [1.82, 2.24) is 0 Å². The first-order valence-corrected chi connectivity index (χ1v) is 8.05. The maximum absolute atomic E-state index is 12.7. The minimum Gasteiger partial charge on any atom is -0.457 e. The summed E-state index contributed by atoms with van der Waals surface area (Å²) in [5.41, 5.74) is 4.32. The van der Waals surface area contributed by atoms with Crippen LogP contribution in [0.5, 0.6) is 0 Å². The van der Waals surface area contributed by atoms with Crippen LogP contribution in [0.3, 0.4) is 0 Å². The Kier molecular flexibility index (Phi) is 5.05. The Labute approximate surface area is 146 Å². The van der Waals surface area contributed by atoms with Gasteiger partial charge < -0.3 is 4.74 Å². The van der Waals surface area contributed by atoms with Crippen molar-refractivity contribution in [3.05, 3.63) is 95.1 Å². The summed E-state index contributed by atoms with van der Waals surface area (Å²) in [6.45, 7) is 2.13. The Bertz CT molecular complexity index is 898. The second-order valence-corrected chi connectivity index (χ2v) is 5.82. The van der Waals surface area contributed by atoms with E-state index in [1.165, 1.54) is 0 Å². The maximum atomic E-state index is 12.7. The molecule has 0 spiro atoms. The quantitative estimate of drug-likeness (QED) is 0.497. The molecule has 0 bridgehead atoms. The number of ether oxygens (including phenoxy) is 1. The fourth-order valence-corrected chi connectivity index (χ4v) is 2.71. The summed E-state index contributed by atoms with van der Waals surface area (Å²) in [6, 6.07) is 22.3. The lowest BCUT2D eigenvalue weighted by Crippen LogP contribution is -2.08. The zero-order valence-corrected chi connectivity index (χ0v) is 13.9. The third kappa shape index (κ3) is 3.83. The fourth-order valence-electron chi connectivity index (χ4n) is 2.71. The van der Waals surface area contributed by atoms with Gasteiger partial charge >= 0.3 is 5.97 Å². The molecule has 0 aliphatic carbocycles. The molecule has 0 aliphatic rings. The van der Waals surface area contributed by atoms with Gasteiger partial charge in [0, 0.05) is 5.56 Å². The van der Waals surface area contributed by atoms with Gasteiger partial charge in [0.25, 0.3) is 0 Å². The predicted molar refractivity (Wildman–Crippen MR) is 97.6 cm³/mol. The van der Waals surface area contributed by atoms with E-state index in [9.17, 15) is 9.59 Å². The molecule has 3 aromatic rings. The summed E-state index contributed by atoms with van der Waals surface area (Å²) in [5, 5.41) is 0. The van der Waals surface area contributed by atoms with Crippen LogP contribution in [0.1, 0.15) is 31.8 Å². The minimum atomic E-state index is -0.400. The Morgan fingerprint density at radius 3 is 2.40 bits per heavy atom. The number of carbonyl (C=O) groups excluding carboxylic acids is 2. The lowest BCUT2D eigenvalue weighted by molar-refractivity contribution is 0.0473. The molecule has 0 heterocycles. The third-order valence-electron chi connectivity index (χ3n) is 3.99. The van der Waals surface area contributed by atoms with E-state index in [1.807, 2.05) is 61.5 Å². The average Bonchev–Trinajstić information content (AvgIpc) is 2.67. The van der Waals surface area contributed by atoms with Crippen LogP contribution < -0.4 is 0 Å². The van der Waals surface area contributed by atoms with E-state index < -0.39 is 5.97 Å². The van der Waals surface area contributed by atoms with Crippen molar-refractivity contribution in [3.8, 4) is 11.1 Å². The maximum Gasteiger partial charge on any atom is 0.339 e. The van der Waals surface area contributed by atoms with Gasteiger partial charge in [0.1, 0.15) is 6.61 Å². The van der Waals surface area contributed by atoms with Crippen LogP contribution in [-0.4, -0.2) is 12.3 Å². The van der Waals surface area contributed by atoms with E-state index in [2.05, 4.69) is 0 Å². The molecule has 3 rings (SSSR count). The molecule has 3 heteroatoms. The highest BCUT2D eigenvalue weighted by Crippen LogP contribution is 2.28. The van der Waals surface area contributed by atoms with Crippen molar-refractivity contribution in [1.29, 1.82) is 0 Å². The fraction of sp³-hybridized carbons (Fsp3) is 0.0909. The molecule has 0 fully saturated rings. The topological polar surface area (TPSA) is 43.4 Å². The van der Waals surface area contributed by atoms with Gasteiger partial charge in [-0.2, -0.15) is 0 Å². The molecule has 0 aliphatic heterocycles. The molecule has 0 N–H and O–H groups in total. The predicted octanol–water partition coefficient (Wildman–Crippen LogP) is 4.83. The van der Waals surface area contributed by atoms with Crippen LogP contribution in [0.25, 0.3) is 11.1 Å². The first kappa shape index (κ1) is 16.7. The first-order valence-electron chi connectivity index (χ1n) is 8.05. The molecular weight excluding hydrogens is 312 g/mol. The largest absolute Gasteiger partial charge is 0.457 e. The molecule has 0 atom stereocenters. The number of esters is 1. The van der Waals surface area contributed by atoms with Crippen LogP contribution >= 0.6 is 0 Å². The van der Waals surface area contributed by atoms with Crippen LogP contribution in [0.4, 0.5) is 0 Å². The Morgan fingerprint density at radius 2 is 1.64 bits per heavy atom. The Morgan fingerprint density at radius 1 is 0.920 bits per heavy atom. The number of carbonyl (C=O) groups is 2. The molecular formula is C22H18O3. The van der Waals surface area contributed by atoms with Gasteiger partial charge in [-0.1, -0.05) is 72.3 Å². The average molecular weight is 330 g/mol. The molecule has 124 valence electrons. The summed E-state index contributed by atoms with van der Waals surface area (Å²) in [5.74, 6) is -0.400. The van der Waals surface area contributed by atoms with Crippen molar-refractivity contribution in [2.45, 2.75) is 13.5 Å². The molecule has 0 unspecified atom stereocenters. The molecule has 0 saturated heterocycles. The molecule has 0 aromatic heterocycles. The number of hydrogen-bond donors (Lipinski definition) is 0. The van der Waals surface area contributed by atoms with Crippen molar-refractivity contribution in [2.24, 2.45) is 0 Å². The van der Waals surface area contributed by atoms with Gasteiger partial charge in [-0.3, -0.25) is 4.79 Å². The van der Waals surface area contributed by atoms with Crippen molar-refractivity contribution in [3.63, 3.8) is 0 Å². The lowest BCUT2D eigenvalue weighted by Gasteiger charge is -2.12. The minimum absolute atomic E-state index is 0.211. The highest BCUT2D eigenvalue weighted by Gasteiger charge is 2.16. The Hall–Kier alpha value is -3.20. The number of aldehydes is 1. The molecule has 3 aromatic carbocycles. The van der Waals surface area contributed by atoms with Gasteiger partial charge in [0.05, 0.1) is 5.56 Å². The van der Waals surface area contributed by atoms with Gasteiger partial charge in [0.2, 0.25) is 0 Å². The van der Waals surface area contributed by atoms with Crippen molar-refractivity contribution < 1.29 is 14.3 Å². The molecule has 0 amide bonds. The molecule has 3 nitrogen and oxygen atoms in total. The SMILES string of the molecule is Cc1ccc(-c2ccccc2C=O)c(C(=O)OCc2ccccc2)c1. The van der Waals surface area contributed by atoms with Crippen molar-refractivity contribution in [2.75, 3.05) is 0 Å². The number of hydrogen-bond acceptors (Lipinski definition) is 3. The number of aryl methyl sites for hydroxylation is 1. The Balaban J connectivity index is 1.94. The highest BCUT2D eigenvalue weighted by atomic mass is 16.5. The first-order chi connectivity index (χ1) is 12.2. The van der Waals surface area contributed by atoms with E-state index >= 15 is 0 Å². The third-order valence-corrected chi connectivity index (χ3v) is 3.99. The lowest BCUT2D eigenvalue weighted by atomic mass is 9.94. The second-order valence-electron chi connectivity index (χ2n) is 5.82. The van der Waals surface area contributed by atoms with E-state index in [-0.39, 0.29) is 6.61 Å². The van der Waals surface area contributed by atoms with E-state index in [4.69, 9.17) is 4.74 Å². The van der Waals surface area contributed by atoms with Crippen molar-refractivity contribution >= 4 is 12.3 Å². The normalized spacial score (nSPS) is 10.3. The monoisotopic (exact) mass is 330 g/mol. The summed E-state index contributed by atoms with van der Waals surface area (Å²) < 4.78 is 5.48. The zero-order chi connectivity index (χ0) is 17.6. The highest BCUT2D eigenvalue weighted by molar-refractivity contribution is 6.00. The van der Waals surface area contributed by atoms with Gasteiger partial charge in [-0.05, 0) is 29.7 Å². The summed E-state index contributed by atoms with van der Waals surface area (Å²) in [4.78, 5) is 24.0. The zero-order valence-electron chi connectivity index (χ0n) is 13.9. The summed E-state index contributed by atoms with van der Waals surface area (Å²) in [6.07, 6.45) is 0.800. The van der Waals surface area contributed by atoms with Gasteiger partial charge in [-0.25, -0.2) is 4.79 Å². The molecule has 0 radical (unpaired) electrons. The van der Waals surface area contributed by atoms with Crippen LogP contribution in [-0.2, 0) is 11.3 Å². The van der Waals surface area contributed by atoms with E-state index in [0.717, 1.165) is 23.0 Å². The summed E-state index contributed by atoms with van der Waals surface area (Å²) in [7, 11) is 0. The second kappa shape index (κ2) is 7.58. The van der Waals surface area contributed by atoms with Crippen LogP contribution in [0, 0.1) is 6.92 Å². The van der Waals surface area contributed by atoms with E-state index in [0.29, 0.717) is 16.7 Å². The van der Waals surface area contributed by atoms with Crippen LogP contribution in [0.2, 0.25) is 0 Å². The smallest absolute Gasteiger partial charge is 0.339 e. The van der Waals surface area contributed by atoms with Gasteiger partial charge in [-0.15, -0.1) is 0 Å². The number of rotatable bonds is 5. The standard InChI is InChI=1S/C22H18O3/c1-16-11-12-20(19-10-6-5-9-18(19)14-23)21(13-16)22(24)25-15-17-7-3-2-4-8-17/h2-14H,15H2,1H3. The summed E-state index contributed by atoms with van der Waals surface area (Å²) >= 11 is 0. The molecule has 25 heavy (non-hydrogen) atoms. The number of benzene rings is 3. The van der Waals surface area contributed by atoms with Crippen LogP contribution in [0.15, 0.2) is 72.8 Å². The van der Waals surface area contributed by atoms with Gasteiger partial charge in [0.15, 0.2) is 6.29 Å². The van der Waals surface area contributed by atoms with E-state index in [1.54, 1.807) is 18.2 Å². The molecule has 0 saturated carbocycles.